The number of imidazole rings is 1. The minimum absolute atomic E-state index is 0.438. The van der Waals surface area contributed by atoms with Crippen LogP contribution in [0.1, 0.15) is 6.92 Å². The van der Waals surface area contributed by atoms with Gasteiger partial charge < -0.3 is 0 Å². The Labute approximate surface area is 60.1 Å². The van der Waals surface area contributed by atoms with Gasteiger partial charge in [0.25, 0.3) is 0 Å². The zero-order chi connectivity index (χ0) is 7.40. The highest BCUT2D eigenvalue weighted by molar-refractivity contribution is 4.67. The Hall–Kier alpha value is -1.30. The normalized spacial score (nSPS) is 9.20. The summed E-state index contributed by atoms with van der Waals surface area (Å²) >= 11 is 0. The van der Waals surface area contributed by atoms with Gasteiger partial charge in [-0.3, -0.25) is 0 Å². The van der Waals surface area contributed by atoms with Gasteiger partial charge >= 0.3 is 0 Å². The number of rotatable bonds is 2. The Morgan fingerprint density at radius 1 is 1.70 bits per heavy atom. The molecule has 0 aliphatic carbocycles. The van der Waals surface area contributed by atoms with Crippen molar-refractivity contribution < 1.29 is 4.57 Å². The molecule has 0 amide bonds. The van der Waals surface area contributed by atoms with Crippen LogP contribution in [0.2, 0.25) is 0 Å². The minimum atomic E-state index is 0.438. The molecule has 3 heteroatoms. The molecule has 0 spiro atoms. The van der Waals surface area contributed by atoms with E-state index in [0.29, 0.717) is 6.54 Å². The molecular weight excluding hydrogens is 126 g/mol. The molecule has 0 aliphatic rings. The molecule has 0 radical (unpaired) electrons. The molecule has 1 aromatic rings. The molecule has 0 unspecified atom stereocenters. The van der Waals surface area contributed by atoms with Crippen LogP contribution in [-0.4, -0.2) is 4.57 Å². The molecule has 0 aromatic carbocycles. The number of hydrogen-bond acceptors (Lipinski definition) is 1. The average Bonchev–Trinajstić information content (AvgIpc) is 2.37. The van der Waals surface area contributed by atoms with Gasteiger partial charge in [0.1, 0.15) is 18.5 Å². The second-order valence-corrected chi connectivity index (χ2v) is 2.07. The van der Waals surface area contributed by atoms with Gasteiger partial charge in [0.2, 0.25) is 6.33 Å². The van der Waals surface area contributed by atoms with Crippen LogP contribution in [0.15, 0.2) is 18.7 Å². The maximum absolute atomic E-state index is 8.32. The fourth-order valence-electron chi connectivity index (χ4n) is 0.801. The van der Waals surface area contributed by atoms with E-state index >= 15 is 0 Å². The van der Waals surface area contributed by atoms with Crippen molar-refractivity contribution in [3.8, 4) is 6.07 Å². The Balaban J connectivity index is 2.70. The molecular formula is C7H10N3+. The van der Waals surface area contributed by atoms with E-state index in [1.807, 2.05) is 27.9 Å². The van der Waals surface area contributed by atoms with Gasteiger partial charge in [-0.15, -0.1) is 0 Å². The molecule has 0 saturated heterocycles. The lowest BCUT2D eigenvalue weighted by Crippen LogP contribution is -2.29. The van der Waals surface area contributed by atoms with E-state index in [1.54, 1.807) is 0 Å². The van der Waals surface area contributed by atoms with Gasteiger partial charge in [-0.25, -0.2) is 9.13 Å². The fourth-order valence-corrected chi connectivity index (χ4v) is 0.801. The second-order valence-electron chi connectivity index (χ2n) is 2.07. The lowest BCUT2D eigenvalue weighted by Gasteiger charge is -1.83. The predicted octanol–water partition coefficient (Wildman–Crippen LogP) is 0.319. The van der Waals surface area contributed by atoms with Crippen LogP contribution < -0.4 is 4.57 Å². The summed E-state index contributed by atoms with van der Waals surface area (Å²) in [4.78, 5) is 0. The molecule has 1 rings (SSSR count). The first-order chi connectivity index (χ1) is 4.86. The molecule has 0 bridgehead atoms. The lowest BCUT2D eigenvalue weighted by molar-refractivity contribution is -0.684. The average molecular weight is 136 g/mol. The maximum Gasteiger partial charge on any atom is 0.244 e. The number of nitrogens with zero attached hydrogens (tertiary/aromatic N) is 3. The van der Waals surface area contributed by atoms with Gasteiger partial charge in [-0.2, -0.15) is 5.26 Å². The molecule has 52 valence electrons. The minimum Gasteiger partial charge on any atom is -0.237 e. The van der Waals surface area contributed by atoms with Crippen molar-refractivity contribution in [3.05, 3.63) is 18.7 Å². The lowest BCUT2D eigenvalue weighted by atomic mass is 10.7. The zero-order valence-corrected chi connectivity index (χ0v) is 5.99. The van der Waals surface area contributed by atoms with Gasteiger partial charge in [-0.05, 0) is 6.92 Å². The van der Waals surface area contributed by atoms with Gasteiger partial charge in [0, 0.05) is 0 Å². The van der Waals surface area contributed by atoms with Gasteiger partial charge in [0.15, 0.2) is 6.54 Å². The van der Waals surface area contributed by atoms with Crippen molar-refractivity contribution in [3.63, 3.8) is 0 Å². The van der Waals surface area contributed by atoms with E-state index in [0.717, 1.165) is 6.54 Å². The van der Waals surface area contributed by atoms with Crippen LogP contribution in [0.5, 0.6) is 0 Å². The van der Waals surface area contributed by atoms with Crippen molar-refractivity contribution in [1.82, 2.24) is 4.57 Å². The van der Waals surface area contributed by atoms with Crippen molar-refractivity contribution in [1.29, 1.82) is 5.26 Å². The first kappa shape index (κ1) is 6.81. The van der Waals surface area contributed by atoms with Crippen LogP contribution in [0, 0.1) is 11.3 Å². The SMILES string of the molecule is CCn1cc[n+](CC#N)c1. The highest BCUT2D eigenvalue weighted by Crippen LogP contribution is 1.81. The van der Waals surface area contributed by atoms with Crippen LogP contribution in [0.25, 0.3) is 0 Å². The third-order valence-corrected chi connectivity index (χ3v) is 1.36. The first-order valence-corrected chi connectivity index (χ1v) is 3.28. The summed E-state index contributed by atoms with van der Waals surface area (Å²) in [5.74, 6) is 0. The summed E-state index contributed by atoms with van der Waals surface area (Å²) in [6.07, 6.45) is 5.77. The highest BCUT2D eigenvalue weighted by Gasteiger charge is 1.98. The van der Waals surface area contributed by atoms with E-state index in [-0.39, 0.29) is 0 Å². The number of aromatic nitrogens is 2. The number of nitriles is 1. The van der Waals surface area contributed by atoms with Crippen LogP contribution in [0.3, 0.4) is 0 Å². The molecule has 3 nitrogen and oxygen atoms in total. The highest BCUT2D eigenvalue weighted by atomic mass is 15.1. The summed E-state index contributed by atoms with van der Waals surface area (Å²) in [6.45, 7) is 3.46. The van der Waals surface area contributed by atoms with E-state index in [4.69, 9.17) is 5.26 Å². The van der Waals surface area contributed by atoms with E-state index in [2.05, 4.69) is 13.0 Å². The summed E-state index contributed by atoms with van der Waals surface area (Å²) in [5.41, 5.74) is 0. The molecule has 0 atom stereocenters. The Bertz CT molecular complexity index is 244. The summed E-state index contributed by atoms with van der Waals surface area (Å²) in [6, 6.07) is 2.07. The van der Waals surface area contributed by atoms with E-state index in [1.165, 1.54) is 0 Å². The monoisotopic (exact) mass is 136 g/mol. The Morgan fingerprint density at radius 3 is 3.00 bits per heavy atom. The number of hydrogen-bond donors (Lipinski definition) is 0. The van der Waals surface area contributed by atoms with E-state index in [9.17, 15) is 0 Å². The summed E-state index contributed by atoms with van der Waals surface area (Å²) in [7, 11) is 0. The zero-order valence-electron chi connectivity index (χ0n) is 5.99. The summed E-state index contributed by atoms with van der Waals surface area (Å²) in [5, 5.41) is 8.32. The molecule has 0 fully saturated rings. The topological polar surface area (TPSA) is 32.6 Å². The molecule has 0 saturated carbocycles. The van der Waals surface area contributed by atoms with Crippen molar-refractivity contribution in [2.45, 2.75) is 20.0 Å². The number of aryl methyl sites for hydroxylation is 1. The standard InChI is InChI=1S/C7H10N3/c1-2-9-5-6-10(7-9)4-3-8/h5-7H,2,4H2,1H3/q+1. The quantitative estimate of drug-likeness (QED) is 0.539. The smallest absolute Gasteiger partial charge is 0.237 e. The Kier molecular flexibility index (Phi) is 2.06. The molecule has 0 aliphatic heterocycles. The predicted molar refractivity (Wildman–Crippen MR) is 35.9 cm³/mol. The molecule has 1 heterocycles. The fraction of sp³-hybridized carbons (Fsp3) is 0.429. The molecule has 0 N–H and O–H groups in total. The van der Waals surface area contributed by atoms with Crippen molar-refractivity contribution >= 4 is 0 Å². The molecule has 10 heavy (non-hydrogen) atoms. The maximum atomic E-state index is 8.32. The second kappa shape index (κ2) is 3.02. The summed E-state index contributed by atoms with van der Waals surface area (Å²) < 4.78 is 3.88. The van der Waals surface area contributed by atoms with Crippen molar-refractivity contribution in [2.24, 2.45) is 0 Å². The van der Waals surface area contributed by atoms with Gasteiger partial charge in [0.05, 0.1) is 6.54 Å². The first-order valence-electron chi connectivity index (χ1n) is 3.28. The van der Waals surface area contributed by atoms with Crippen LogP contribution >= 0.6 is 0 Å². The molecule has 1 aromatic heterocycles. The van der Waals surface area contributed by atoms with Crippen molar-refractivity contribution in [2.75, 3.05) is 0 Å². The van der Waals surface area contributed by atoms with Gasteiger partial charge in [-0.1, -0.05) is 0 Å². The largest absolute Gasteiger partial charge is 0.244 e. The Morgan fingerprint density at radius 2 is 2.50 bits per heavy atom. The third kappa shape index (κ3) is 1.35. The van der Waals surface area contributed by atoms with Crippen LogP contribution in [0.4, 0.5) is 0 Å². The van der Waals surface area contributed by atoms with E-state index < -0.39 is 0 Å². The van der Waals surface area contributed by atoms with Crippen LogP contribution in [-0.2, 0) is 13.1 Å². The third-order valence-electron chi connectivity index (χ3n) is 1.36.